The smallest absolute Gasteiger partial charge is 0.0724 e. The first kappa shape index (κ1) is 11.7. The van der Waals surface area contributed by atoms with Gasteiger partial charge in [0.25, 0.3) is 0 Å². The van der Waals surface area contributed by atoms with Crippen LogP contribution < -0.4 is 0 Å². The third-order valence-electron chi connectivity index (χ3n) is 1.85. The van der Waals surface area contributed by atoms with Crippen LogP contribution in [0.3, 0.4) is 0 Å². The van der Waals surface area contributed by atoms with Gasteiger partial charge in [-0.2, -0.15) is 0 Å². The summed E-state index contributed by atoms with van der Waals surface area (Å²) in [4.78, 5) is 0. The van der Waals surface area contributed by atoms with Gasteiger partial charge in [-0.1, -0.05) is 40.2 Å². The lowest BCUT2D eigenvalue weighted by Gasteiger charge is -2.19. The highest BCUT2D eigenvalue weighted by atomic mass is 79.9. The molecule has 0 aromatic heterocycles. The van der Waals surface area contributed by atoms with Gasteiger partial charge in [-0.05, 0) is 31.9 Å². The topological polar surface area (TPSA) is 9.23 Å². The van der Waals surface area contributed by atoms with E-state index in [4.69, 9.17) is 4.74 Å². The largest absolute Gasteiger partial charge is 0.371 e. The van der Waals surface area contributed by atoms with Crippen LogP contribution in [0.15, 0.2) is 24.3 Å². The van der Waals surface area contributed by atoms with Gasteiger partial charge >= 0.3 is 0 Å². The number of ether oxygens (including phenoxy) is 1. The van der Waals surface area contributed by atoms with Crippen molar-refractivity contribution < 1.29 is 4.74 Å². The molecule has 0 fully saturated rings. The highest BCUT2D eigenvalue weighted by Crippen LogP contribution is 2.13. The Morgan fingerprint density at radius 3 is 2.00 bits per heavy atom. The van der Waals surface area contributed by atoms with Crippen molar-refractivity contribution in [3.05, 3.63) is 35.4 Å². The lowest BCUT2D eigenvalue weighted by molar-refractivity contribution is -0.0149. The Balaban J connectivity index is 2.52. The summed E-state index contributed by atoms with van der Waals surface area (Å²) in [6.07, 6.45) is 0. The van der Waals surface area contributed by atoms with E-state index in [1.165, 1.54) is 11.1 Å². The van der Waals surface area contributed by atoms with Crippen molar-refractivity contribution in [2.24, 2.45) is 0 Å². The molecule has 0 radical (unpaired) electrons. The van der Waals surface area contributed by atoms with E-state index in [1.807, 2.05) is 0 Å². The summed E-state index contributed by atoms with van der Waals surface area (Å²) in [6.45, 7) is 6.89. The van der Waals surface area contributed by atoms with E-state index in [9.17, 15) is 0 Å². The molecule has 0 unspecified atom stereocenters. The molecule has 1 nitrogen and oxygen atoms in total. The van der Waals surface area contributed by atoms with E-state index in [1.54, 1.807) is 0 Å². The number of hydrogen-bond acceptors (Lipinski definition) is 1. The zero-order chi connectivity index (χ0) is 10.6. The molecule has 1 aromatic rings. The minimum absolute atomic E-state index is 0.0614. The standard InChI is InChI=1S/C12H17BrO/c1-12(2,3)14-9-11-6-4-10(8-13)5-7-11/h4-7H,8-9H2,1-3H3. The van der Waals surface area contributed by atoms with Gasteiger partial charge in [0.1, 0.15) is 0 Å². The number of alkyl halides is 1. The van der Waals surface area contributed by atoms with Gasteiger partial charge in [0.05, 0.1) is 12.2 Å². The second-order valence-electron chi connectivity index (χ2n) is 4.35. The fourth-order valence-corrected chi connectivity index (χ4v) is 1.40. The summed E-state index contributed by atoms with van der Waals surface area (Å²) < 4.78 is 5.68. The van der Waals surface area contributed by atoms with E-state index in [0.717, 1.165) is 5.33 Å². The molecule has 0 aliphatic rings. The minimum Gasteiger partial charge on any atom is -0.371 e. The van der Waals surface area contributed by atoms with Crippen LogP contribution in [0.2, 0.25) is 0 Å². The lowest BCUT2D eigenvalue weighted by Crippen LogP contribution is -2.18. The molecule has 0 N–H and O–H groups in total. The monoisotopic (exact) mass is 256 g/mol. The van der Waals surface area contributed by atoms with Crippen LogP contribution in [0, 0.1) is 0 Å². The molecule has 1 aromatic carbocycles. The van der Waals surface area contributed by atoms with Gasteiger partial charge in [-0.3, -0.25) is 0 Å². The van der Waals surface area contributed by atoms with E-state index in [2.05, 4.69) is 61.0 Å². The number of halogens is 1. The maximum atomic E-state index is 5.68. The highest BCUT2D eigenvalue weighted by molar-refractivity contribution is 9.08. The third kappa shape index (κ3) is 4.25. The van der Waals surface area contributed by atoms with Crippen molar-refractivity contribution in [2.45, 2.75) is 38.3 Å². The van der Waals surface area contributed by atoms with Crippen LogP contribution in [-0.2, 0) is 16.7 Å². The predicted molar refractivity (Wildman–Crippen MR) is 63.6 cm³/mol. The third-order valence-corrected chi connectivity index (χ3v) is 2.50. The summed E-state index contributed by atoms with van der Waals surface area (Å²) in [6, 6.07) is 8.47. The molecule has 0 spiro atoms. The Hall–Kier alpha value is -0.340. The first-order valence-electron chi connectivity index (χ1n) is 4.79. The van der Waals surface area contributed by atoms with Gasteiger partial charge in [0, 0.05) is 5.33 Å². The summed E-state index contributed by atoms with van der Waals surface area (Å²) in [7, 11) is 0. The van der Waals surface area contributed by atoms with E-state index in [0.29, 0.717) is 6.61 Å². The Morgan fingerprint density at radius 1 is 1.07 bits per heavy atom. The molecule has 0 bridgehead atoms. The van der Waals surface area contributed by atoms with Crippen molar-refractivity contribution in [1.29, 1.82) is 0 Å². The van der Waals surface area contributed by atoms with Crippen LogP contribution >= 0.6 is 15.9 Å². The fraction of sp³-hybridized carbons (Fsp3) is 0.500. The molecule has 0 aliphatic heterocycles. The zero-order valence-corrected chi connectivity index (χ0v) is 10.6. The van der Waals surface area contributed by atoms with Crippen molar-refractivity contribution in [3.8, 4) is 0 Å². The molecule has 0 atom stereocenters. The summed E-state index contributed by atoms with van der Waals surface area (Å²) in [5.41, 5.74) is 2.46. The average Bonchev–Trinajstić information content (AvgIpc) is 2.14. The number of hydrogen-bond donors (Lipinski definition) is 0. The normalized spacial score (nSPS) is 11.7. The molecule has 2 heteroatoms. The molecule has 0 saturated carbocycles. The molecule has 0 heterocycles. The summed E-state index contributed by atoms with van der Waals surface area (Å²) >= 11 is 3.42. The van der Waals surface area contributed by atoms with Crippen LogP contribution in [0.25, 0.3) is 0 Å². The van der Waals surface area contributed by atoms with Crippen LogP contribution in [0.5, 0.6) is 0 Å². The van der Waals surface area contributed by atoms with Crippen LogP contribution in [-0.4, -0.2) is 5.60 Å². The Bertz CT molecular complexity index is 271. The van der Waals surface area contributed by atoms with Crippen molar-refractivity contribution >= 4 is 15.9 Å². The molecule has 1 rings (SSSR count). The molecular formula is C12H17BrO. The Kier molecular flexibility index (Phi) is 4.14. The second-order valence-corrected chi connectivity index (χ2v) is 4.91. The minimum atomic E-state index is -0.0614. The molecule has 14 heavy (non-hydrogen) atoms. The number of benzene rings is 1. The molecule has 0 amide bonds. The molecule has 0 aliphatic carbocycles. The Morgan fingerprint density at radius 2 is 1.57 bits per heavy atom. The molecule has 0 saturated heterocycles. The van der Waals surface area contributed by atoms with Gasteiger partial charge in [-0.15, -0.1) is 0 Å². The first-order valence-corrected chi connectivity index (χ1v) is 5.91. The summed E-state index contributed by atoms with van der Waals surface area (Å²) in [5, 5.41) is 0.910. The fourth-order valence-electron chi connectivity index (χ4n) is 1.02. The average molecular weight is 257 g/mol. The van der Waals surface area contributed by atoms with Crippen LogP contribution in [0.4, 0.5) is 0 Å². The van der Waals surface area contributed by atoms with Gasteiger partial charge in [0.2, 0.25) is 0 Å². The maximum absolute atomic E-state index is 5.68. The number of rotatable bonds is 3. The Labute approximate surface area is 94.6 Å². The SMILES string of the molecule is CC(C)(C)OCc1ccc(CBr)cc1. The maximum Gasteiger partial charge on any atom is 0.0724 e. The lowest BCUT2D eigenvalue weighted by atomic mass is 10.1. The molecular weight excluding hydrogens is 240 g/mol. The van der Waals surface area contributed by atoms with Gasteiger partial charge in [0.15, 0.2) is 0 Å². The van der Waals surface area contributed by atoms with E-state index >= 15 is 0 Å². The second kappa shape index (κ2) is 4.94. The zero-order valence-electron chi connectivity index (χ0n) is 9.01. The van der Waals surface area contributed by atoms with E-state index < -0.39 is 0 Å². The highest BCUT2D eigenvalue weighted by Gasteiger charge is 2.09. The quantitative estimate of drug-likeness (QED) is 0.746. The van der Waals surface area contributed by atoms with Crippen molar-refractivity contribution in [2.75, 3.05) is 0 Å². The van der Waals surface area contributed by atoms with Gasteiger partial charge in [-0.25, -0.2) is 0 Å². The molecule has 78 valence electrons. The first-order chi connectivity index (χ1) is 6.51. The van der Waals surface area contributed by atoms with Crippen molar-refractivity contribution in [1.82, 2.24) is 0 Å². The van der Waals surface area contributed by atoms with Crippen LogP contribution in [0.1, 0.15) is 31.9 Å². The van der Waals surface area contributed by atoms with Crippen molar-refractivity contribution in [3.63, 3.8) is 0 Å². The summed E-state index contributed by atoms with van der Waals surface area (Å²) in [5.74, 6) is 0. The predicted octanol–water partition coefficient (Wildman–Crippen LogP) is 3.90. The van der Waals surface area contributed by atoms with E-state index in [-0.39, 0.29) is 5.60 Å². The van der Waals surface area contributed by atoms with Gasteiger partial charge < -0.3 is 4.74 Å².